The van der Waals surface area contributed by atoms with Gasteiger partial charge in [-0.3, -0.25) is 0 Å². The molecule has 1 aromatic carbocycles. The minimum absolute atomic E-state index is 0.0712. The van der Waals surface area contributed by atoms with Crippen molar-refractivity contribution in [3.63, 3.8) is 0 Å². The molecule has 0 heterocycles. The fourth-order valence-electron chi connectivity index (χ4n) is 2.19. The molecule has 0 saturated heterocycles. The third-order valence-electron chi connectivity index (χ3n) is 3.49. The molecular weight excluding hydrogens is 271 g/mol. The number of halogens is 1. The van der Waals surface area contributed by atoms with Gasteiger partial charge in [0.05, 0.1) is 6.61 Å². The van der Waals surface area contributed by atoms with Crippen LogP contribution in [0.5, 0.6) is 0 Å². The molecular formula is C16H27FN2O2. The Kier molecular flexibility index (Phi) is 9.17. The fraction of sp³-hybridized carbons (Fsp3) is 0.625. The van der Waals surface area contributed by atoms with Crippen LogP contribution < -0.4 is 5.73 Å². The molecule has 0 aliphatic heterocycles. The van der Waals surface area contributed by atoms with Crippen LogP contribution in [0.2, 0.25) is 0 Å². The molecule has 0 aliphatic rings. The summed E-state index contributed by atoms with van der Waals surface area (Å²) in [4.78, 5) is 2.33. The largest absolute Gasteiger partial charge is 0.385 e. The summed E-state index contributed by atoms with van der Waals surface area (Å²) in [5, 5.41) is 0. The van der Waals surface area contributed by atoms with Crippen LogP contribution >= 0.6 is 0 Å². The van der Waals surface area contributed by atoms with Crippen LogP contribution in [0.15, 0.2) is 24.3 Å². The van der Waals surface area contributed by atoms with E-state index in [0.29, 0.717) is 6.61 Å². The van der Waals surface area contributed by atoms with Crippen molar-refractivity contribution in [1.82, 2.24) is 4.90 Å². The molecule has 120 valence electrons. The van der Waals surface area contributed by atoms with Crippen molar-refractivity contribution in [2.24, 2.45) is 5.73 Å². The zero-order valence-electron chi connectivity index (χ0n) is 13.1. The molecule has 1 unspecified atom stereocenters. The van der Waals surface area contributed by atoms with E-state index >= 15 is 0 Å². The smallest absolute Gasteiger partial charge is 0.123 e. The summed E-state index contributed by atoms with van der Waals surface area (Å²) in [5.74, 6) is -0.229. The second-order valence-electron chi connectivity index (χ2n) is 5.13. The highest BCUT2D eigenvalue weighted by Crippen LogP contribution is 2.15. The Morgan fingerprint density at radius 1 is 1.05 bits per heavy atom. The number of nitrogens with two attached hydrogens (primary N) is 1. The van der Waals surface area contributed by atoms with Gasteiger partial charge in [-0.2, -0.15) is 0 Å². The second kappa shape index (κ2) is 10.7. The van der Waals surface area contributed by atoms with Crippen molar-refractivity contribution in [2.75, 3.05) is 47.1 Å². The Morgan fingerprint density at radius 2 is 1.71 bits per heavy atom. The Labute approximate surface area is 127 Å². The Hall–Kier alpha value is -1.01. The van der Waals surface area contributed by atoms with Crippen LogP contribution in [0.1, 0.15) is 24.4 Å². The van der Waals surface area contributed by atoms with Crippen molar-refractivity contribution in [3.8, 4) is 0 Å². The van der Waals surface area contributed by atoms with Gasteiger partial charge in [-0.25, -0.2) is 4.39 Å². The molecule has 0 saturated carbocycles. The average Bonchev–Trinajstić information content (AvgIpc) is 2.50. The first-order valence-electron chi connectivity index (χ1n) is 7.38. The summed E-state index contributed by atoms with van der Waals surface area (Å²) < 4.78 is 23.1. The van der Waals surface area contributed by atoms with Gasteiger partial charge in [0.15, 0.2) is 0 Å². The SMILES string of the molecule is COCCCN(CCOC)CCC(N)c1ccc(F)cc1. The van der Waals surface area contributed by atoms with Crippen LogP contribution in [0.3, 0.4) is 0 Å². The van der Waals surface area contributed by atoms with Gasteiger partial charge in [-0.1, -0.05) is 12.1 Å². The molecule has 0 spiro atoms. The van der Waals surface area contributed by atoms with Crippen LogP contribution in [0.4, 0.5) is 4.39 Å². The third kappa shape index (κ3) is 7.52. The fourth-order valence-corrected chi connectivity index (χ4v) is 2.19. The van der Waals surface area contributed by atoms with Gasteiger partial charge in [0, 0.05) is 46.5 Å². The molecule has 0 aromatic heterocycles. The van der Waals surface area contributed by atoms with Gasteiger partial charge >= 0.3 is 0 Å². The summed E-state index contributed by atoms with van der Waals surface area (Å²) in [5.41, 5.74) is 7.14. The van der Waals surface area contributed by atoms with Gasteiger partial charge in [0.1, 0.15) is 5.82 Å². The Balaban J connectivity index is 2.40. The highest BCUT2D eigenvalue weighted by Gasteiger charge is 2.10. The van der Waals surface area contributed by atoms with Gasteiger partial charge in [-0.05, 0) is 30.5 Å². The van der Waals surface area contributed by atoms with E-state index in [9.17, 15) is 4.39 Å². The zero-order valence-corrected chi connectivity index (χ0v) is 13.1. The number of methoxy groups -OCH3 is 2. The number of rotatable bonds is 11. The first-order chi connectivity index (χ1) is 10.2. The highest BCUT2D eigenvalue weighted by atomic mass is 19.1. The Morgan fingerprint density at radius 3 is 2.33 bits per heavy atom. The summed E-state index contributed by atoms with van der Waals surface area (Å²) in [6, 6.07) is 6.35. The number of ether oxygens (including phenoxy) is 2. The molecule has 5 heteroatoms. The molecule has 1 aromatic rings. The standard InChI is InChI=1S/C16H27FN2O2/c1-20-12-3-9-19(11-13-21-2)10-8-16(18)14-4-6-15(17)7-5-14/h4-7,16H,3,8-13,18H2,1-2H3. The van der Waals surface area contributed by atoms with Gasteiger partial charge in [0.2, 0.25) is 0 Å². The van der Waals surface area contributed by atoms with E-state index in [2.05, 4.69) is 4.90 Å². The lowest BCUT2D eigenvalue weighted by molar-refractivity contribution is 0.131. The minimum Gasteiger partial charge on any atom is -0.385 e. The van der Waals surface area contributed by atoms with Crippen LogP contribution in [0, 0.1) is 5.82 Å². The van der Waals surface area contributed by atoms with Gasteiger partial charge in [-0.15, -0.1) is 0 Å². The van der Waals surface area contributed by atoms with Crippen molar-refractivity contribution in [1.29, 1.82) is 0 Å². The van der Waals surface area contributed by atoms with E-state index < -0.39 is 0 Å². The molecule has 1 rings (SSSR count). The highest BCUT2D eigenvalue weighted by molar-refractivity contribution is 5.19. The van der Waals surface area contributed by atoms with Crippen LogP contribution in [0.25, 0.3) is 0 Å². The van der Waals surface area contributed by atoms with E-state index in [0.717, 1.165) is 44.6 Å². The lowest BCUT2D eigenvalue weighted by Crippen LogP contribution is -2.32. The molecule has 0 amide bonds. The van der Waals surface area contributed by atoms with E-state index in [1.165, 1.54) is 12.1 Å². The van der Waals surface area contributed by atoms with Crippen LogP contribution in [-0.2, 0) is 9.47 Å². The quantitative estimate of drug-likeness (QED) is 0.636. The average molecular weight is 298 g/mol. The van der Waals surface area contributed by atoms with E-state index in [1.807, 2.05) is 0 Å². The number of nitrogens with zero attached hydrogens (tertiary/aromatic N) is 1. The van der Waals surface area contributed by atoms with E-state index in [4.69, 9.17) is 15.2 Å². The maximum Gasteiger partial charge on any atom is 0.123 e. The van der Waals surface area contributed by atoms with E-state index in [1.54, 1.807) is 26.4 Å². The summed E-state index contributed by atoms with van der Waals surface area (Å²) >= 11 is 0. The number of hydrogen-bond acceptors (Lipinski definition) is 4. The molecule has 0 fully saturated rings. The monoisotopic (exact) mass is 298 g/mol. The first-order valence-corrected chi connectivity index (χ1v) is 7.38. The molecule has 0 bridgehead atoms. The summed E-state index contributed by atoms with van der Waals surface area (Å²) in [6.45, 7) is 4.21. The van der Waals surface area contributed by atoms with Crippen molar-refractivity contribution in [2.45, 2.75) is 18.9 Å². The van der Waals surface area contributed by atoms with Crippen molar-refractivity contribution < 1.29 is 13.9 Å². The number of benzene rings is 1. The first kappa shape index (κ1) is 18.0. The molecule has 1 atom stereocenters. The lowest BCUT2D eigenvalue weighted by atomic mass is 10.0. The lowest BCUT2D eigenvalue weighted by Gasteiger charge is -2.23. The maximum absolute atomic E-state index is 12.9. The predicted octanol–water partition coefficient (Wildman–Crippen LogP) is 2.20. The van der Waals surface area contributed by atoms with Gasteiger partial charge < -0.3 is 20.1 Å². The van der Waals surface area contributed by atoms with Crippen molar-refractivity contribution in [3.05, 3.63) is 35.6 Å². The van der Waals surface area contributed by atoms with E-state index in [-0.39, 0.29) is 11.9 Å². The van der Waals surface area contributed by atoms with Crippen LogP contribution in [-0.4, -0.2) is 52.0 Å². The molecule has 0 radical (unpaired) electrons. The molecule has 2 N–H and O–H groups in total. The topological polar surface area (TPSA) is 47.7 Å². The van der Waals surface area contributed by atoms with Crippen molar-refractivity contribution >= 4 is 0 Å². The molecule has 21 heavy (non-hydrogen) atoms. The summed E-state index contributed by atoms with van der Waals surface area (Å²) in [6.07, 6.45) is 1.83. The third-order valence-corrected chi connectivity index (χ3v) is 3.49. The maximum atomic E-state index is 12.9. The normalized spacial score (nSPS) is 12.8. The minimum atomic E-state index is -0.229. The number of hydrogen-bond donors (Lipinski definition) is 1. The zero-order chi connectivity index (χ0) is 15.5. The Bertz CT molecular complexity index is 373. The summed E-state index contributed by atoms with van der Waals surface area (Å²) in [7, 11) is 3.42. The van der Waals surface area contributed by atoms with Gasteiger partial charge in [0.25, 0.3) is 0 Å². The predicted molar refractivity (Wildman–Crippen MR) is 82.8 cm³/mol. The molecule has 0 aliphatic carbocycles. The second-order valence-corrected chi connectivity index (χ2v) is 5.13. The molecule has 4 nitrogen and oxygen atoms in total.